The lowest BCUT2D eigenvalue weighted by molar-refractivity contribution is 0.416. The Morgan fingerprint density at radius 1 is 1.30 bits per heavy atom. The third kappa shape index (κ3) is 2.44. The van der Waals surface area contributed by atoms with Gasteiger partial charge in [0.05, 0.1) is 31.2 Å². The van der Waals surface area contributed by atoms with Crippen LogP contribution in [-0.4, -0.2) is 21.6 Å². The number of imidazole rings is 1. The Balaban J connectivity index is 1.89. The Bertz CT molecular complexity index is 717. The van der Waals surface area contributed by atoms with Crippen molar-refractivity contribution >= 4 is 11.3 Å². The molecule has 20 heavy (non-hydrogen) atoms. The van der Waals surface area contributed by atoms with Gasteiger partial charge >= 0.3 is 0 Å². The van der Waals surface area contributed by atoms with E-state index >= 15 is 0 Å². The van der Waals surface area contributed by atoms with Crippen molar-refractivity contribution in [1.82, 2.24) is 14.5 Å². The summed E-state index contributed by atoms with van der Waals surface area (Å²) >= 11 is 1.64. The van der Waals surface area contributed by atoms with Gasteiger partial charge in [0.2, 0.25) is 0 Å². The minimum Gasteiger partial charge on any atom is -0.496 e. The van der Waals surface area contributed by atoms with E-state index in [4.69, 9.17) is 9.72 Å². The lowest BCUT2D eigenvalue weighted by atomic mass is 10.2. The molecule has 0 bridgehead atoms. The molecular weight excluding hydrogens is 270 g/mol. The smallest absolute Gasteiger partial charge is 0.129 e. The Morgan fingerprint density at radius 2 is 2.15 bits per heavy atom. The van der Waals surface area contributed by atoms with E-state index in [2.05, 4.69) is 14.9 Å². The summed E-state index contributed by atoms with van der Waals surface area (Å²) in [6, 6.07) is 7.95. The van der Waals surface area contributed by atoms with E-state index in [0.29, 0.717) is 0 Å². The average Bonchev–Trinajstić information content (AvgIpc) is 3.09. The number of ether oxygens (including phenoxy) is 1. The van der Waals surface area contributed by atoms with Gasteiger partial charge in [0.1, 0.15) is 10.8 Å². The zero-order valence-electron chi connectivity index (χ0n) is 11.4. The highest BCUT2D eigenvalue weighted by Crippen LogP contribution is 2.31. The van der Waals surface area contributed by atoms with Crippen LogP contribution in [0.1, 0.15) is 11.4 Å². The van der Waals surface area contributed by atoms with Crippen LogP contribution in [0, 0.1) is 6.92 Å². The van der Waals surface area contributed by atoms with Crippen LogP contribution < -0.4 is 4.74 Å². The van der Waals surface area contributed by atoms with Crippen LogP contribution in [0.2, 0.25) is 0 Å². The van der Waals surface area contributed by atoms with E-state index in [0.717, 1.165) is 34.3 Å². The molecule has 2 heterocycles. The molecule has 3 aromatic rings. The third-order valence-electron chi connectivity index (χ3n) is 3.14. The van der Waals surface area contributed by atoms with E-state index in [9.17, 15) is 0 Å². The second-order valence-electron chi connectivity index (χ2n) is 4.51. The summed E-state index contributed by atoms with van der Waals surface area (Å²) in [6.07, 6.45) is 3.69. The molecule has 0 aliphatic rings. The van der Waals surface area contributed by atoms with Gasteiger partial charge in [-0.3, -0.25) is 0 Å². The van der Waals surface area contributed by atoms with Crippen molar-refractivity contribution in [2.24, 2.45) is 0 Å². The molecule has 102 valence electrons. The van der Waals surface area contributed by atoms with Gasteiger partial charge in [-0.1, -0.05) is 12.1 Å². The van der Waals surface area contributed by atoms with Gasteiger partial charge in [-0.25, -0.2) is 9.97 Å². The van der Waals surface area contributed by atoms with Crippen molar-refractivity contribution in [2.45, 2.75) is 13.5 Å². The number of methoxy groups -OCH3 is 1. The Morgan fingerprint density at radius 3 is 2.90 bits per heavy atom. The Labute approximate surface area is 121 Å². The number of hydrogen-bond acceptors (Lipinski definition) is 4. The molecule has 0 aliphatic heterocycles. The van der Waals surface area contributed by atoms with Gasteiger partial charge in [-0.05, 0) is 19.1 Å². The van der Waals surface area contributed by atoms with Crippen molar-refractivity contribution in [3.63, 3.8) is 0 Å². The SMILES string of the molecule is COc1ccccc1-c1nc(Cn2cncc2C)cs1. The summed E-state index contributed by atoms with van der Waals surface area (Å²) in [5.41, 5.74) is 3.21. The predicted molar refractivity (Wildman–Crippen MR) is 80.2 cm³/mol. The van der Waals surface area contributed by atoms with Crippen molar-refractivity contribution in [3.05, 3.63) is 53.6 Å². The van der Waals surface area contributed by atoms with Crippen LogP contribution >= 0.6 is 11.3 Å². The normalized spacial score (nSPS) is 10.7. The van der Waals surface area contributed by atoms with E-state index in [1.165, 1.54) is 0 Å². The van der Waals surface area contributed by atoms with E-state index in [-0.39, 0.29) is 0 Å². The van der Waals surface area contributed by atoms with Gasteiger partial charge in [0.15, 0.2) is 0 Å². The highest BCUT2D eigenvalue weighted by molar-refractivity contribution is 7.13. The van der Waals surface area contributed by atoms with E-state index < -0.39 is 0 Å². The number of aryl methyl sites for hydroxylation is 1. The number of thiazole rings is 1. The highest BCUT2D eigenvalue weighted by atomic mass is 32.1. The summed E-state index contributed by atoms with van der Waals surface area (Å²) < 4.78 is 7.47. The zero-order valence-corrected chi connectivity index (χ0v) is 12.2. The molecule has 0 unspecified atom stereocenters. The molecule has 2 aromatic heterocycles. The van der Waals surface area contributed by atoms with Gasteiger partial charge in [0, 0.05) is 17.3 Å². The van der Waals surface area contributed by atoms with Gasteiger partial charge in [0.25, 0.3) is 0 Å². The lowest BCUT2D eigenvalue weighted by Gasteiger charge is -2.05. The maximum Gasteiger partial charge on any atom is 0.129 e. The van der Waals surface area contributed by atoms with Crippen molar-refractivity contribution in [1.29, 1.82) is 0 Å². The van der Waals surface area contributed by atoms with Gasteiger partial charge in [-0.15, -0.1) is 11.3 Å². The molecule has 0 N–H and O–H groups in total. The minimum absolute atomic E-state index is 0.748. The fourth-order valence-electron chi connectivity index (χ4n) is 2.05. The molecule has 0 saturated carbocycles. The monoisotopic (exact) mass is 285 g/mol. The lowest BCUT2D eigenvalue weighted by Crippen LogP contribution is -2.00. The average molecular weight is 285 g/mol. The van der Waals surface area contributed by atoms with Crippen LogP contribution in [-0.2, 0) is 6.54 Å². The summed E-state index contributed by atoms with van der Waals surface area (Å²) in [7, 11) is 1.68. The first-order chi connectivity index (χ1) is 9.78. The van der Waals surface area contributed by atoms with Crippen LogP contribution in [0.3, 0.4) is 0 Å². The van der Waals surface area contributed by atoms with E-state index in [1.807, 2.05) is 43.7 Å². The number of aromatic nitrogens is 3. The number of nitrogens with zero attached hydrogens (tertiary/aromatic N) is 3. The zero-order chi connectivity index (χ0) is 13.9. The predicted octanol–water partition coefficient (Wildman–Crippen LogP) is 3.37. The maximum atomic E-state index is 5.39. The summed E-state index contributed by atoms with van der Waals surface area (Å²) in [5, 5.41) is 3.07. The molecule has 5 heteroatoms. The highest BCUT2D eigenvalue weighted by Gasteiger charge is 2.10. The molecule has 3 rings (SSSR count). The number of rotatable bonds is 4. The molecule has 0 atom stereocenters. The number of para-hydroxylation sites is 1. The Hall–Kier alpha value is -2.14. The summed E-state index contributed by atoms with van der Waals surface area (Å²) in [6.45, 7) is 2.79. The molecule has 0 fully saturated rings. The van der Waals surface area contributed by atoms with Crippen LogP contribution in [0.5, 0.6) is 5.75 Å². The molecule has 0 amide bonds. The summed E-state index contributed by atoms with van der Waals surface area (Å²) in [4.78, 5) is 8.82. The quantitative estimate of drug-likeness (QED) is 0.738. The topological polar surface area (TPSA) is 39.9 Å². The first kappa shape index (κ1) is 12.9. The molecule has 0 aliphatic carbocycles. The van der Waals surface area contributed by atoms with Crippen LogP contribution in [0.25, 0.3) is 10.6 Å². The van der Waals surface area contributed by atoms with Gasteiger partial charge < -0.3 is 9.30 Å². The van der Waals surface area contributed by atoms with E-state index in [1.54, 1.807) is 18.4 Å². The first-order valence-corrected chi connectivity index (χ1v) is 7.20. The molecule has 0 radical (unpaired) electrons. The van der Waals surface area contributed by atoms with Crippen molar-refractivity contribution < 1.29 is 4.74 Å². The summed E-state index contributed by atoms with van der Waals surface area (Å²) in [5.74, 6) is 0.854. The number of hydrogen-bond donors (Lipinski definition) is 0. The fraction of sp³-hybridized carbons (Fsp3) is 0.200. The maximum absolute atomic E-state index is 5.39. The second-order valence-corrected chi connectivity index (χ2v) is 5.37. The Kier molecular flexibility index (Phi) is 3.52. The largest absolute Gasteiger partial charge is 0.496 e. The van der Waals surface area contributed by atoms with Gasteiger partial charge in [-0.2, -0.15) is 0 Å². The van der Waals surface area contributed by atoms with Crippen molar-refractivity contribution in [3.8, 4) is 16.3 Å². The molecule has 1 aromatic carbocycles. The van der Waals surface area contributed by atoms with Crippen molar-refractivity contribution in [2.75, 3.05) is 7.11 Å². The first-order valence-electron chi connectivity index (χ1n) is 6.32. The minimum atomic E-state index is 0.748. The standard InChI is InChI=1S/C15H15N3OS/c1-11-7-16-10-18(11)8-12-9-20-15(17-12)13-5-3-4-6-14(13)19-2/h3-7,9-10H,8H2,1-2H3. The molecular formula is C15H15N3OS. The molecule has 0 saturated heterocycles. The second kappa shape index (κ2) is 5.46. The molecule has 0 spiro atoms. The third-order valence-corrected chi connectivity index (χ3v) is 4.07. The molecule has 4 nitrogen and oxygen atoms in total. The van der Waals surface area contributed by atoms with Crippen LogP contribution in [0.4, 0.5) is 0 Å². The number of benzene rings is 1. The fourth-order valence-corrected chi connectivity index (χ4v) is 2.89. The van der Waals surface area contributed by atoms with Crippen LogP contribution in [0.15, 0.2) is 42.2 Å².